The highest BCUT2D eigenvalue weighted by molar-refractivity contribution is 5.97. The van der Waals surface area contributed by atoms with Gasteiger partial charge in [-0.3, -0.25) is 14.2 Å². The highest BCUT2D eigenvalue weighted by Crippen LogP contribution is 2.21. The van der Waals surface area contributed by atoms with E-state index in [9.17, 15) is 9.59 Å². The van der Waals surface area contributed by atoms with Crippen molar-refractivity contribution in [2.45, 2.75) is 13.5 Å². The Hall–Kier alpha value is -4.26. The Bertz CT molecular complexity index is 1530. The predicted octanol–water partition coefficient (Wildman–Crippen LogP) is 3.84. The van der Waals surface area contributed by atoms with Crippen molar-refractivity contribution in [2.75, 3.05) is 7.05 Å². The van der Waals surface area contributed by atoms with Crippen LogP contribution in [0.2, 0.25) is 0 Å². The van der Waals surface area contributed by atoms with Crippen LogP contribution in [0.1, 0.15) is 21.7 Å². The van der Waals surface area contributed by atoms with E-state index in [1.165, 1.54) is 4.90 Å². The fourth-order valence-corrected chi connectivity index (χ4v) is 3.86. The number of hydrogen-bond acceptors (Lipinski definition) is 4. The highest BCUT2D eigenvalue weighted by Gasteiger charge is 2.16. The molecule has 3 aromatic carbocycles. The average molecular weight is 423 g/mol. The van der Waals surface area contributed by atoms with Gasteiger partial charge in [0.2, 0.25) is 0 Å². The van der Waals surface area contributed by atoms with Crippen LogP contribution < -0.4 is 5.56 Å². The fraction of sp³-hybridized carbons (Fsp3) is 0.120. The highest BCUT2D eigenvalue weighted by atomic mass is 16.2. The van der Waals surface area contributed by atoms with Gasteiger partial charge in [-0.1, -0.05) is 24.3 Å². The third kappa shape index (κ3) is 3.54. The van der Waals surface area contributed by atoms with Crippen LogP contribution >= 0.6 is 0 Å². The standard InChI is InChI=1S/C25H21N5O2/c1-16-6-5-7-18(12-16)30-15-26-21-13-17(10-11-22(21)30)25(32)29(2)14-23-27-20-9-4-3-8-19(20)24(31)28-23/h3-13,15H,14H2,1-2H3,(H,27,28,31). The Morgan fingerprint density at radius 2 is 1.88 bits per heavy atom. The van der Waals surface area contributed by atoms with Crippen LogP contribution in [0, 0.1) is 6.92 Å². The minimum absolute atomic E-state index is 0.173. The summed E-state index contributed by atoms with van der Waals surface area (Å²) in [4.78, 5) is 38.6. The first kappa shape index (κ1) is 19.7. The quantitative estimate of drug-likeness (QED) is 0.476. The molecule has 32 heavy (non-hydrogen) atoms. The number of imidazole rings is 1. The van der Waals surface area contributed by atoms with Gasteiger partial charge in [-0.05, 0) is 55.0 Å². The number of nitrogens with one attached hydrogen (secondary N) is 1. The van der Waals surface area contributed by atoms with Gasteiger partial charge in [0, 0.05) is 18.3 Å². The predicted molar refractivity (Wildman–Crippen MR) is 124 cm³/mol. The van der Waals surface area contributed by atoms with Gasteiger partial charge in [0.15, 0.2) is 0 Å². The molecule has 0 fully saturated rings. The summed E-state index contributed by atoms with van der Waals surface area (Å²) < 4.78 is 2.00. The van der Waals surface area contributed by atoms with Crippen LogP contribution in [0.4, 0.5) is 0 Å². The number of H-pyrrole nitrogens is 1. The summed E-state index contributed by atoms with van der Waals surface area (Å²) in [6.45, 7) is 2.24. The molecule has 158 valence electrons. The van der Waals surface area contributed by atoms with E-state index in [1.807, 2.05) is 41.8 Å². The number of nitrogens with zero attached hydrogens (tertiary/aromatic N) is 4. The number of amides is 1. The van der Waals surface area contributed by atoms with E-state index in [0.29, 0.717) is 22.3 Å². The van der Waals surface area contributed by atoms with E-state index in [1.54, 1.807) is 43.7 Å². The van der Waals surface area contributed by atoms with E-state index in [2.05, 4.69) is 21.0 Å². The van der Waals surface area contributed by atoms with E-state index in [4.69, 9.17) is 0 Å². The van der Waals surface area contributed by atoms with Gasteiger partial charge in [-0.2, -0.15) is 0 Å². The Morgan fingerprint density at radius 3 is 2.72 bits per heavy atom. The Kier molecular flexibility index (Phi) is 4.78. The molecule has 0 spiro atoms. The fourth-order valence-electron chi connectivity index (χ4n) is 3.86. The molecule has 5 aromatic rings. The lowest BCUT2D eigenvalue weighted by molar-refractivity contribution is 0.0781. The summed E-state index contributed by atoms with van der Waals surface area (Å²) in [5, 5.41) is 0.528. The number of hydrogen-bond donors (Lipinski definition) is 1. The van der Waals surface area contributed by atoms with Crippen LogP contribution in [-0.4, -0.2) is 37.4 Å². The summed E-state index contributed by atoms with van der Waals surface area (Å²) in [7, 11) is 1.69. The van der Waals surface area contributed by atoms with Gasteiger partial charge in [-0.25, -0.2) is 9.97 Å². The summed E-state index contributed by atoms with van der Waals surface area (Å²) in [5.41, 5.74) is 4.77. The minimum Gasteiger partial charge on any atom is -0.334 e. The van der Waals surface area contributed by atoms with Crippen LogP contribution in [0.3, 0.4) is 0 Å². The molecule has 0 atom stereocenters. The smallest absolute Gasteiger partial charge is 0.258 e. The van der Waals surface area contributed by atoms with Gasteiger partial charge in [0.05, 0.1) is 28.5 Å². The Labute approximate surface area is 184 Å². The molecule has 0 unspecified atom stereocenters. The summed E-state index contributed by atoms with van der Waals surface area (Å²) in [6.07, 6.45) is 1.77. The third-order valence-corrected chi connectivity index (χ3v) is 5.47. The zero-order valence-corrected chi connectivity index (χ0v) is 17.7. The first-order chi connectivity index (χ1) is 15.5. The van der Waals surface area contributed by atoms with Crippen molar-refractivity contribution >= 4 is 27.8 Å². The van der Waals surface area contributed by atoms with Crippen LogP contribution in [0.15, 0.2) is 77.9 Å². The molecule has 0 saturated carbocycles. The SMILES string of the molecule is Cc1cccc(-n2cnc3cc(C(=O)N(C)Cc4nc5ccccc5c(=O)[nH]4)ccc32)c1. The average Bonchev–Trinajstić information content (AvgIpc) is 3.22. The summed E-state index contributed by atoms with van der Waals surface area (Å²) in [6, 6.07) is 20.8. The van der Waals surface area contributed by atoms with E-state index < -0.39 is 0 Å². The van der Waals surface area contributed by atoms with Crippen molar-refractivity contribution in [1.29, 1.82) is 0 Å². The number of aryl methyl sites for hydroxylation is 1. The van der Waals surface area contributed by atoms with Crippen LogP contribution in [0.25, 0.3) is 27.6 Å². The molecular formula is C25H21N5O2. The number of para-hydroxylation sites is 1. The molecule has 5 rings (SSSR count). The number of fused-ring (bicyclic) bond motifs is 2. The van der Waals surface area contributed by atoms with Gasteiger partial charge in [0.1, 0.15) is 12.2 Å². The second-order valence-electron chi connectivity index (χ2n) is 7.85. The van der Waals surface area contributed by atoms with Crippen molar-refractivity contribution in [1.82, 2.24) is 24.4 Å². The molecule has 1 amide bonds. The molecule has 7 heteroatoms. The topological polar surface area (TPSA) is 83.9 Å². The molecule has 0 aliphatic rings. The van der Waals surface area contributed by atoms with E-state index in [0.717, 1.165) is 22.3 Å². The van der Waals surface area contributed by atoms with Gasteiger partial charge < -0.3 is 9.88 Å². The van der Waals surface area contributed by atoms with Crippen molar-refractivity contribution in [3.05, 3.63) is 100 Å². The zero-order valence-electron chi connectivity index (χ0n) is 17.7. The van der Waals surface area contributed by atoms with Crippen molar-refractivity contribution in [3.8, 4) is 5.69 Å². The Morgan fingerprint density at radius 1 is 1.03 bits per heavy atom. The molecule has 0 bridgehead atoms. The monoisotopic (exact) mass is 423 g/mol. The van der Waals surface area contributed by atoms with Crippen LogP contribution in [0.5, 0.6) is 0 Å². The maximum absolute atomic E-state index is 13.0. The summed E-state index contributed by atoms with van der Waals surface area (Å²) >= 11 is 0. The number of rotatable bonds is 4. The number of carbonyl (C=O) groups excluding carboxylic acids is 1. The minimum atomic E-state index is -0.213. The first-order valence-corrected chi connectivity index (χ1v) is 10.3. The van der Waals surface area contributed by atoms with Crippen molar-refractivity contribution < 1.29 is 4.79 Å². The van der Waals surface area contributed by atoms with Crippen LogP contribution in [-0.2, 0) is 6.54 Å². The zero-order chi connectivity index (χ0) is 22.2. The third-order valence-electron chi connectivity index (χ3n) is 5.47. The summed E-state index contributed by atoms with van der Waals surface area (Å²) in [5.74, 6) is 0.266. The largest absolute Gasteiger partial charge is 0.334 e. The van der Waals surface area contributed by atoms with E-state index in [-0.39, 0.29) is 18.0 Å². The second kappa shape index (κ2) is 7.77. The molecule has 0 aliphatic heterocycles. The number of carbonyl (C=O) groups is 1. The molecule has 1 N–H and O–H groups in total. The Balaban J connectivity index is 1.41. The van der Waals surface area contributed by atoms with Gasteiger partial charge >= 0.3 is 0 Å². The molecule has 0 radical (unpaired) electrons. The number of benzene rings is 3. The number of aromatic nitrogens is 4. The van der Waals surface area contributed by atoms with Crippen molar-refractivity contribution in [2.24, 2.45) is 0 Å². The lowest BCUT2D eigenvalue weighted by atomic mass is 10.1. The first-order valence-electron chi connectivity index (χ1n) is 10.3. The molecule has 2 heterocycles. The molecule has 0 aliphatic carbocycles. The number of aromatic amines is 1. The van der Waals surface area contributed by atoms with Crippen molar-refractivity contribution in [3.63, 3.8) is 0 Å². The molecular weight excluding hydrogens is 402 g/mol. The lowest BCUT2D eigenvalue weighted by Gasteiger charge is -2.17. The lowest BCUT2D eigenvalue weighted by Crippen LogP contribution is -2.28. The molecule has 2 aromatic heterocycles. The van der Waals surface area contributed by atoms with Gasteiger partial charge in [0.25, 0.3) is 11.5 Å². The maximum Gasteiger partial charge on any atom is 0.258 e. The second-order valence-corrected chi connectivity index (χ2v) is 7.85. The molecule has 7 nitrogen and oxygen atoms in total. The van der Waals surface area contributed by atoms with Gasteiger partial charge in [-0.15, -0.1) is 0 Å². The van der Waals surface area contributed by atoms with E-state index >= 15 is 0 Å². The molecule has 0 saturated heterocycles. The normalized spacial score (nSPS) is 11.2. The maximum atomic E-state index is 13.0.